The first-order valence-electron chi connectivity index (χ1n) is 14.2. The predicted octanol–water partition coefficient (Wildman–Crippen LogP) is 4.15. The van der Waals surface area contributed by atoms with Gasteiger partial charge in [0.2, 0.25) is 0 Å². The fraction of sp³-hybridized carbons (Fsp3) is 0.900. The Kier molecular flexibility index (Phi) is 5.77. The van der Waals surface area contributed by atoms with Gasteiger partial charge in [0.25, 0.3) is 0 Å². The molecule has 11 atom stereocenters. The molecule has 5 aliphatic carbocycles. The summed E-state index contributed by atoms with van der Waals surface area (Å²) >= 11 is 0. The van der Waals surface area contributed by atoms with Crippen molar-refractivity contribution in [2.45, 2.75) is 111 Å². The monoisotopic (exact) mass is 504 g/mol. The molecule has 0 saturated heterocycles. The molecular weight excluding hydrogens is 456 g/mol. The molecule has 5 N–H and O–H groups in total. The summed E-state index contributed by atoms with van der Waals surface area (Å²) in [7, 11) is 0. The number of rotatable bonds is 2. The van der Waals surface area contributed by atoms with E-state index in [1.54, 1.807) is 0 Å². The van der Waals surface area contributed by atoms with E-state index >= 15 is 0 Å². The van der Waals surface area contributed by atoms with Crippen LogP contribution in [0.3, 0.4) is 0 Å². The van der Waals surface area contributed by atoms with Crippen LogP contribution in [-0.2, 0) is 4.79 Å². The van der Waals surface area contributed by atoms with Gasteiger partial charge < -0.3 is 25.5 Å². The van der Waals surface area contributed by atoms with Gasteiger partial charge in [-0.15, -0.1) is 0 Å². The Morgan fingerprint density at radius 2 is 1.64 bits per heavy atom. The summed E-state index contributed by atoms with van der Waals surface area (Å²) in [6.07, 6.45) is 6.05. The van der Waals surface area contributed by atoms with Crippen molar-refractivity contribution in [3.63, 3.8) is 0 Å². The zero-order valence-corrected chi connectivity index (χ0v) is 23.0. The fourth-order valence-electron chi connectivity index (χ4n) is 10.9. The summed E-state index contributed by atoms with van der Waals surface area (Å²) in [4.78, 5) is 12.9. The number of aliphatic hydroxyl groups excluding tert-OH is 3. The second-order valence-electron chi connectivity index (χ2n) is 15.0. The van der Waals surface area contributed by atoms with Crippen LogP contribution < -0.4 is 0 Å². The van der Waals surface area contributed by atoms with E-state index < -0.39 is 39.8 Å². The highest BCUT2D eigenvalue weighted by Crippen LogP contribution is 2.74. The van der Waals surface area contributed by atoms with Gasteiger partial charge in [-0.2, -0.15) is 0 Å². The topological polar surface area (TPSA) is 118 Å². The number of hydrogen-bond acceptors (Lipinski definition) is 5. The number of carbonyl (C=O) groups is 1. The van der Waals surface area contributed by atoms with Gasteiger partial charge >= 0.3 is 5.97 Å². The van der Waals surface area contributed by atoms with Crippen molar-refractivity contribution in [3.8, 4) is 0 Å². The number of aliphatic carboxylic acids is 1. The number of carboxylic acid groups (broad SMARTS) is 1. The van der Waals surface area contributed by atoms with Gasteiger partial charge in [0.15, 0.2) is 0 Å². The summed E-state index contributed by atoms with van der Waals surface area (Å²) in [5, 5.41) is 55.5. The molecule has 6 heteroatoms. The third kappa shape index (κ3) is 2.96. The standard InChI is InChI=1S/C30H48O6/c1-17-13-29(24(34)35)15-23(33)26(4,16-31)14-19(29)18-7-8-21-27(5)11-10-22(32)25(2,3)20(27)9-12-28(21,6)30(17,18)36/h7,17,19-23,31-33,36H,8-16H2,1-6H3,(H,34,35)/t17-,19-,20-,21+,22?,23-,26-,27-,28+,29+,30+/m0/s1. The van der Waals surface area contributed by atoms with E-state index in [9.17, 15) is 30.3 Å². The molecule has 204 valence electrons. The van der Waals surface area contributed by atoms with E-state index in [4.69, 9.17) is 0 Å². The van der Waals surface area contributed by atoms with Crippen LogP contribution >= 0.6 is 0 Å². The number of aliphatic hydroxyl groups is 4. The van der Waals surface area contributed by atoms with Crippen LogP contribution in [0, 0.1) is 50.7 Å². The Bertz CT molecular complexity index is 974. The highest BCUT2D eigenvalue weighted by Gasteiger charge is 2.73. The zero-order valence-electron chi connectivity index (χ0n) is 23.0. The molecule has 0 spiro atoms. The van der Waals surface area contributed by atoms with Gasteiger partial charge in [-0.25, -0.2) is 0 Å². The third-order valence-electron chi connectivity index (χ3n) is 13.2. The quantitative estimate of drug-likeness (QED) is 0.361. The molecule has 0 aromatic rings. The van der Waals surface area contributed by atoms with E-state index in [-0.39, 0.29) is 41.8 Å². The molecule has 6 nitrogen and oxygen atoms in total. The number of fused-ring (bicyclic) bond motifs is 7. The van der Waals surface area contributed by atoms with E-state index in [2.05, 4.69) is 33.8 Å². The Labute approximate surface area is 216 Å². The Morgan fingerprint density at radius 1 is 0.972 bits per heavy atom. The van der Waals surface area contributed by atoms with Crippen LogP contribution in [0.5, 0.6) is 0 Å². The maximum absolute atomic E-state index is 12.9. The first kappa shape index (κ1) is 26.6. The van der Waals surface area contributed by atoms with Gasteiger partial charge in [-0.05, 0) is 91.4 Å². The van der Waals surface area contributed by atoms with Crippen molar-refractivity contribution in [1.82, 2.24) is 0 Å². The van der Waals surface area contributed by atoms with E-state index in [1.165, 1.54) is 0 Å². The van der Waals surface area contributed by atoms with Crippen LogP contribution in [0.2, 0.25) is 0 Å². The molecule has 4 fully saturated rings. The van der Waals surface area contributed by atoms with Crippen molar-refractivity contribution in [3.05, 3.63) is 11.6 Å². The average Bonchev–Trinajstić information content (AvgIpc) is 2.79. The van der Waals surface area contributed by atoms with Crippen LogP contribution in [0.25, 0.3) is 0 Å². The summed E-state index contributed by atoms with van der Waals surface area (Å²) in [5.74, 6) is -0.971. The lowest BCUT2D eigenvalue weighted by Gasteiger charge is -2.71. The van der Waals surface area contributed by atoms with Crippen molar-refractivity contribution >= 4 is 5.97 Å². The molecule has 0 aromatic carbocycles. The highest BCUT2D eigenvalue weighted by atomic mass is 16.4. The van der Waals surface area contributed by atoms with Crippen LogP contribution in [0.4, 0.5) is 0 Å². The van der Waals surface area contributed by atoms with Crippen LogP contribution in [0.15, 0.2) is 11.6 Å². The van der Waals surface area contributed by atoms with Crippen molar-refractivity contribution in [1.29, 1.82) is 0 Å². The Hall–Kier alpha value is -0.950. The average molecular weight is 505 g/mol. The van der Waals surface area contributed by atoms with Crippen LogP contribution in [0.1, 0.15) is 92.9 Å². The Morgan fingerprint density at radius 3 is 2.25 bits per heavy atom. The minimum atomic E-state index is -1.13. The number of hydrogen-bond donors (Lipinski definition) is 5. The minimum absolute atomic E-state index is 0.0169. The lowest BCUT2D eigenvalue weighted by atomic mass is 9.34. The Balaban J connectivity index is 1.64. The van der Waals surface area contributed by atoms with Gasteiger partial charge in [-0.1, -0.05) is 47.6 Å². The number of allylic oxidation sites excluding steroid dienone is 1. The van der Waals surface area contributed by atoms with Gasteiger partial charge in [0.1, 0.15) is 0 Å². The molecule has 0 radical (unpaired) electrons. The smallest absolute Gasteiger partial charge is 0.310 e. The lowest BCUT2D eigenvalue weighted by Crippen LogP contribution is -2.71. The third-order valence-corrected chi connectivity index (χ3v) is 13.2. The van der Waals surface area contributed by atoms with Gasteiger partial charge in [0.05, 0.1) is 29.8 Å². The van der Waals surface area contributed by atoms with E-state index in [0.717, 1.165) is 37.7 Å². The summed E-state index contributed by atoms with van der Waals surface area (Å²) in [6, 6.07) is 0. The summed E-state index contributed by atoms with van der Waals surface area (Å²) in [6.45, 7) is 12.7. The first-order valence-corrected chi connectivity index (χ1v) is 14.2. The predicted molar refractivity (Wildman–Crippen MR) is 137 cm³/mol. The molecule has 0 aliphatic heterocycles. The molecule has 36 heavy (non-hydrogen) atoms. The normalized spacial score (nSPS) is 55.9. The van der Waals surface area contributed by atoms with Gasteiger partial charge in [-0.3, -0.25) is 4.79 Å². The molecule has 1 unspecified atom stereocenters. The molecule has 0 heterocycles. The van der Waals surface area contributed by atoms with Crippen molar-refractivity contribution in [2.24, 2.45) is 50.7 Å². The summed E-state index contributed by atoms with van der Waals surface area (Å²) < 4.78 is 0. The van der Waals surface area contributed by atoms with Gasteiger partial charge in [0, 0.05) is 10.8 Å². The maximum Gasteiger partial charge on any atom is 0.310 e. The van der Waals surface area contributed by atoms with E-state index in [1.807, 2.05) is 13.8 Å². The highest BCUT2D eigenvalue weighted by molar-refractivity contribution is 5.77. The molecule has 0 amide bonds. The second-order valence-corrected chi connectivity index (χ2v) is 15.0. The summed E-state index contributed by atoms with van der Waals surface area (Å²) in [5.41, 5.74) is -2.81. The van der Waals surface area contributed by atoms with Crippen molar-refractivity contribution in [2.75, 3.05) is 6.61 Å². The molecular formula is C30H48O6. The molecule has 5 aliphatic rings. The van der Waals surface area contributed by atoms with Crippen molar-refractivity contribution < 1.29 is 30.3 Å². The molecule has 5 rings (SSSR count). The lowest BCUT2D eigenvalue weighted by molar-refractivity contribution is -0.246. The zero-order chi connectivity index (χ0) is 26.7. The number of carboxylic acids is 1. The second kappa shape index (κ2) is 7.80. The minimum Gasteiger partial charge on any atom is -0.481 e. The van der Waals surface area contributed by atoms with E-state index in [0.29, 0.717) is 18.8 Å². The molecule has 4 saturated carbocycles. The van der Waals surface area contributed by atoms with Crippen LogP contribution in [-0.4, -0.2) is 55.9 Å². The first-order chi connectivity index (χ1) is 16.5. The maximum atomic E-state index is 12.9. The fourth-order valence-corrected chi connectivity index (χ4v) is 10.9. The molecule has 0 aromatic heterocycles. The SMILES string of the molecule is C[C@H]1C[C@@]2(C(=O)O)C[C@H](O)[C@](C)(CO)C[C@H]2C2=CC[C@@H]3[C@@]4(C)CCC(O)C(C)(C)[C@@H]4CC[C@@]3(C)[C@]21O. The molecule has 0 bridgehead atoms. The largest absolute Gasteiger partial charge is 0.481 e.